The molecule has 0 saturated heterocycles. The molecule has 0 fully saturated rings. The first-order valence-corrected chi connectivity index (χ1v) is 12.9. The van der Waals surface area contributed by atoms with Crippen LogP contribution < -0.4 is 14.4 Å². The number of halogens is 1. The Bertz CT molecular complexity index is 1290. The van der Waals surface area contributed by atoms with Gasteiger partial charge in [0.15, 0.2) is 23.6 Å². The zero-order valence-corrected chi connectivity index (χ0v) is 21.2. The van der Waals surface area contributed by atoms with Gasteiger partial charge in [0.05, 0.1) is 24.5 Å². The lowest BCUT2D eigenvalue weighted by atomic mass is 10.2. The van der Waals surface area contributed by atoms with Gasteiger partial charge >= 0.3 is 0 Å². The highest BCUT2D eigenvalue weighted by atomic mass is 35.5. The first-order valence-electron chi connectivity index (χ1n) is 10.7. The summed E-state index contributed by atoms with van der Waals surface area (Å²) in [6, 6.07) is 6.97. The molecule has 12 heteroatoms. The van der Waals surface area contributed by atoms with Gasteiger partial charge in [0.25, 0.3) is 0 Å². The van der Waals surface area contributed by atoms with Crippen LogP contribution in [0.25, 0.3) is 11.4 Å². The first kappa shape index (κ1) is 26.2. The predicted molar refractivity (Wildman–Crippen MR) is 136 cm³/mol. The zero-order chi connectivity index (χ0) is 25.4. The van der Waals surface area contributed by atoms with Gasteiger partial charge in [0.1, 0.15) is 21.9 Å². The van der Waals surface area contributed by atoms with Crippen molar-refractivity contribution in [3.8, 4) is 22.9 Å². The van der Waals surface area contributed by atoms with Crippen LogP contribution in [-0.4, -0.2) is 68.0 Å². The number of carbonyl (C=O) groups is 1. The number of sulfone groups is 1. The lowest BCUT2D eigenvalue weighted by molar-refractivity contribution is 0.111. The number of aldehydes is 1. The van der Waals surface area contributed by atoms with E-state index in [4.69, 9.17) is 21.1 Å². The minimum atomic E-state index is -3.03. The molecule has 35 heavy (non-hydrogen) atoms. The van der Waals surface area contributed by atoms with E-state index in [2.05, 4.69) is 15.1 Å². The molecule has 0 spiro atoms. The molecular weight excluding hydrogens is 494 g/mol. The maximum absolute atomic E-state index is 11.6. The van der Waals surface area contributed by atoms with Crippen LogP contribution in [0.5, 0.6) is 11.5 Å². The van der Waals surface area contributed by atoms with Crippen molar-refractivity contribution in [2.75, 3.05) is 37.2 Å². The van der Waals surface area contributed by atoms with E-state index in [0.717, 1.165) is 5.69 Å². The number of carbonyl (C=O) groups excluding carboxylic acids is 1. The molecule has 1 aromatic carbocycles. The quantitative estimate of drug-likeness (QED) is 0.154. The largest absolute Gasteiger partial charge is 0.493 e. The van der Waals surface area contributed by atoms with Crippen molar-refractivity contribution in [2.45, 2.75) is 13.3 Å². The van der Waals surface area contributed by atoms with Crippen molar-refractivity contribution < 1.29 is 22.7 Å². The van der Waals surface area contributed by atoms with Crippen molar-refractivity contribution in [1.82, 2.24) is 14.6 Å². The molecule has 0 amide bonds. The molecule has 0 unspecified atom stereocenters. The second-order valence-corrected chi connectivity index (χ2v) is 10.4. The Balaban J connectivity index is 1.70. The van der Waals surface area contributed by atoms with Crippen molar-refractivity contribution in [3.05, 3.63) is 53.6 Å². The molecule has 0 aliphatic rings. The number of methoxy groups -OCH3 is 1. The van der Waals surface area contributed by atoms with Gasteiger partial charge in [0, 0.05) is 48.7 Å². The molecule has 0 N–H and O–H groups in total. The Hall–Kier alpha value is -3.44. The molecule has 3 rings (SSSR count). The number of anilines is 1. The van der Waals surface area contributed by atoms with Crippen LogP contribution >= 0.6 is 11.6 Å². The molecule has 186 valence electrons. The highest BCUT2D eigenvalue weighted by Crippen LogP contribution is 2.31. The van der Waals surface area contributed by atoms with E-state index in [0.29, 0.717) is 46.3 Å². The maximum Gasteiger partial charge on any atom is 0.168 e. The lowest BCUT2D eigenvalue weighted by Gasteiger charge is -2.17. The molecule has 0 saturated carbocycles. The van der Waals surface area contributed by atoms with Crippen LogP contribution in [0.1, 0.15) is 23.8 Å². The number of nitrogens with zero attached hydrogens (tertiary/aromatic N) is 5. The third-order valence-electron chi connectivity index (χ3n) is 5.03. The van der Waals surface area contributed by atoms with Gasteiger partial charge in [-0.15, -0.1) is 0 Å². The maximum atomic E-state index is 11.6. The molecule has 0 bridgehead atoms. The fraction of sp³-hybridized carbons (Fsp3) is 0.304. The minimum absolute atomic E-state index is 0.0805. The smallest absolute Gasteiger partial charge is 0.168 e. The van der Waals surface area contributed by atoms with Gasteiger partial charge in [-0.2, -0.15) is 5.10 Å². The van der Waals surface area contributed by atoms with Gasteiger partial charge in [0.2, 0.25) is 0 Å². The molecule has 0 aliphatic carbocycles. The van der Waals surface area contributed by atoms with Crippen LogP contribution in [0.15, 0.2) is 48.0 Å². The van der Waals surface area contributed by atoms with Gasteiger partial charge < -0.3 is 14.4 Å². The average molecular weight is 520 g/mol. The second kappa shape index (κ2) is 11.8. The van der Waals surface area contributed by atoms with Gasteiger partial charge in [-0.1, -0.05) is 18.5 Å². The third-order valence-corrected chi connectivity index (χ3v) is 7.01. The standard InChI is InChI=1S/C23H26ClN5O5S/c1-4-35(31,32)9-5-8-34-21-7-6-19(11-22(21)33-3)28(2)16-27-29-14-17(10-20(29)15-30)23-25-12-18(24)13-26-23/h6-7,10-16H,4-5,8-9H2,1-3H3/b27-16-. The van der Waals surface area contributed by atoms with Gasteiger partial charge in [-0.05, 0) is 24.6 Å². The Labute approximate surface area is 209 Å². The molecule has 0 aliphatic heterocycles. The van der Waals surface area contributed by atoms with Crippen LogP contribution in [-0.2, 0) is 9.84 Å². The van der Waals surface area contributed by atoms with Crippen LogP contribution in [0.4, 0.5) is 5.69 Å². The lowest BCUT2D eigenvalue weighted by Crippen LogP contribution is -2.15. The van der Waals surface area contributed by atoms with Crippen LogP contribution in [0, 0.1) is 0 Å². The summed E-state index contributed by atoms with van der Waals surface area (Å²) < 4.78 is 35.8. The van der Waals surface area contributed by atoms with E-state index in [1.165, 1.54) is 24.2 Å². The second-order valence-electron chi connectivity index (χ2n) is 7.46. The summed E-state index contributed by atoms with van der Waals surface area (Å²) in [4.78, 5) is 21.6. The molecule has 0 radical (unpaired) electrons. The summed E-state index contributed by atoms with van der Waals surface area (Å²) >= 11 is 5.84. The molecule has 2 aromatic heterocycles. The highest BCUT2D eigenvalue weighted by Gasteiger charge is 2.12. The Morgan fingerprint density at radius 1 is 1.20 bits per heavy atom. The first-order chi connectivity index (χ1) is 16.8. The van der Waals surface area contributed by atoms with Crippen molar-refractivity contribution in [1.29, 1.82) is 0 Å². The van der Waals surface area contributed by atoms with E-state index in [9.17, 15) is 13.2 Å². The summed E-state index contributed by atoms with van der Waals surface area (Å²) in [6.07, 6.45) is 7.24. The monoisotopic (exact) mass is 519 g/mol. The van der Waals surface area contributed by atoms with Crippen molar-refractivity contribution in [2.24, 2.45) is 5.10 Å². The van der Waals surface area contributed by atoms with Crippen LogP contribution in [0.2, 0.25) is 5.02 Å². The summed E-state index contributed by atoms with van der Waals surface area (Å²) in [5, 5.41) is 4.78. The normalized spacial score (nSPS) is 11.5. The Morgan fingerprint density at radius 3 is 2.60 bits per heavy atom. The minimum Gasteiger partial charge on any atom is -0.493 e. The van der Waals surface area contributed by atoms with Crippen molar-refractivity contribution in [3.63, 3.8) is 0 Å². The summed E-state index contributed by atoms with van der Waals surface area (Å²) in [7, 11) is 0.293. The highest BCUT2D eigenvalue weighted by molar-refractivity contribution is 7.91. The third kappa shape index (κ3) is 7.03. The number of hydrogen-bond donors (Lipinski definition) is 0. The number of rotatable bonds is 12. The van der Waals surface area contributed by atoms with Gasteiger partial charge in [-0.3, -0.25) is 4.79 Å². The SMILES string of the molecule is CCS(=O)(=O)CCCOc1ccc(N(C)/C=N\n2cc(-c3ncc(Cl)cn3)cc2C=O)cc1OC. The zero-order valence-electron chi connectivity index (χ0n) is 19.6. The number of ether oxygens (including phenoxy) is 2. The number of aromatic nitrogens is 3. The molecule has 0 atom stereocenters. The summed E-state index contributed by atoms with van der Waals surface area (Å²) in [6.45, 7) is 1.88. The fourth-order valence-corrected chi connectivity index (χ4v) is 3.98. The molecule has 2 heterocycles. The Morgan fingerprint density at radius 2 is 1.94 bits per heavy atom. The molecule has 10 nitrogen and oxygen atoms in total. The molecular formula is C23H26ClN5O5S. The van der Waals surface area contributed by atoms with E-state index >= 15 is 0 Å². The topological polar surface area (TPSA) is 116 Å². The fourth-order valence-electron chi connectivity index (χ4n) is 3.04. The predicted octanol–water partition coefficient (Wildman–Crippen LogP) is 3.55. The van der Waals surface area contributed by atoms with Crippen LogP contribution in [0.3, 0.4) is 0 Å². The summed E-state index contributed by atoms with van der Waals surface area (Å²) in [5.41, 5.74) is 1.71. The van der Waals surface area contributed by atoms with E-state index < -0.39 is 9.84 Å². The number of benzene rings is 1. The van der Waals surface area contributed by atoms with E-state index in [-0.39, 0.29) is 18.1 Å². The summed E-state index contributed by atoms with van der Waals surface area (Å²) in [5.74, 6) is 1.63. The van der Waals surface area contributed by atoms with E-state index in [1.807, 2.05) is 6.07 Å². The Kier molecular flexibility index (Phi) is 8.83. The van der Waals surface area contributed by atoms with E-state index in [1.54, 1.807) is 49.6 Å². The number of hydrogen-bond acceptors (Lipinski definition) is 8. The molecule has 3 aromatic rings. The van der Waals surface area contributed by atoms with Crippen molar-refractivity contribution >= 4 is 39.8 Å². The average Bonchev–Trinajstić information content (AvgIpc) is 3.28. The van der Waals surface area contributed by atoms with Gasteiger partial charge in [-0.25, -0.2) is 23.1 Å².